The van der Waals surface area contributed by atoms with Gasteiger partial charge in [-0.3, -0.25) is 0 Å². The molecule has 0 heterocycles. The molecule has 2 rings (SSSR count). The summed E-state index contributed by atoms with van der Waals surface area (Å²) in [6.07, 6.45) is 0. The molecule has 0 aliphatic rings. The Morgan fingerprint density at radius 3 is 2.40 bits per heavy atom. The first-order valence-electron chi connectivity index (χ1n) is 7.52. The van der Waals surface area contributed by atoms with Crippen LogP contribution in [0.25, 0.3) is 0 Å². The zero-order valence-electron chi connectivity index (χ0n) is 14.6. The largest absolute Gasteiger partial charge is 0.497 e. The molecule has 0 saturated heterocycles. The Morgan fingerprint density at radius 2 is 1.76 bits per heavy atom. The average Bonchev–Trinajstić information content (AvgIpc) is 2.61. The third-order valence-electron chi connectivity index (χ3n) is 3.51. The lowest BCUT2D eigenvalue weighted by atomic mass is 10.1. The van der Waals surface area contributed by atoms with Crippen LogP contribution < -0.4 is 20.5 Å². The topological polar surface area (TPSA) is 78.1 Å². The van der Waals surface area contributed by atoms with Gasteiger partial charge in [0.2, 0.25) is 0 Å². The maximum Gasteiger partial charge on any atom is 0.193 e. The van der Waals surface area contributed by atoms with Crippen molar-refractivity contribution in [1.82, 2.24) is 0 Å². The molecule has 0 spiro atoms. The molecule has 0 aliphatic heterocycles. The second kappa shape index (κ2) is 10.8. The Bertz CT molecular complexity index is 708. The van der Waals surface area contributed by atoms with Gasteiger partial charge in [0.05, 0.1) is 33.1 Å². The predicted molar refractivity (Wildman–Crippen MR) is 111 cm³/mol. The number of rotatable bonds is 7. The molecule has 136 valence electrons. The summed E-state index contributed by atoms with van der Waals surface area (Å²) in [6, 6.07) is 13.4. The van der Waals surface area contributed by atoms with E-state index >= 15 is 0 Å². The normalized spacial score (nSPS) is 10.8. The van der Waals surface area contributed by atoms with Crippen molar-refractivity contribution in [3.63, 3.8) is 0 Å². The standard InChI is InChI=1S/C18H23N3O3.HI/c1-22-12-14-7-5-4-6-13(14)11-20-18(19)21-16-10-15(23-2)8-9-17(16)24-3;/h4-10H,11-12H2,1-3H3,(H3,19,20,21);1H. The minimum absolute atomic E-state index is 0. The van der Waals surface area contributed by atoms with E-state index in [0.717, 1.165) is 11.1 Å². The van der Waals surface area contributed by atoms with Gasteiger partial charge >= 0.3 is 0 Å². The van der Waals surface area contributed by atoms with Gasteiger partial charge in [0.15, 0.2) is 5.96 Å². The van der Waals surface area contributed by atoms with Crippen molar-refractivity contribution in [2.45, 2.75) is 13.2 Å². The zero-order valence-corrected chi connectivity index (χ0v) is 16.9. The molecule has 3 N–H and O–H groups in total. The lowest BCUT2D eigenvalue weighted by molar-refractivity contribution is 0.184. The van der Waals surface area contributed by atoms with Gasteiger partial charge in [-0.05, 0) is 23.3 Å². The van der Waals surface area contributed by atoms with Crippen LogP contribution in [0.15, 0.2) is 47.5 Å². The third kappa shape index (κ3) is 6.09. The van der Waals surface area contributed by atoms with E-state index in [9.17, 15) is 0 Å². The van der Waals surface area contributed by atoms with Crippen molar-refractivity contribution in [3.8, 4) is 11.5 Å². The number of anilines is 1. The van der Waals surface area contributed by atoms with Crippen molar-refractivity contribution in [2.24, 2.45) is 10.7 Å². The highest BCUT2D eigenvalue weighted by Gasteiger charge is 2.06. The van der Waals surface area contributed by atoms with E-state index in [2.05, 4.69) is 10.3 Å². The van der Waals surface area contributed by atoms with Crippen LogP contribution in [-0.4, -0.2) is 27.3 Å². The summed E-state index contributed by atoms with van der Waals surface area (Å²) in [6.45, 7) is 1.01. The number of methoxy groups -OCH3 is 3. The Hall–Kier alpha value is -2.00. The van der Waals surface area contributed by atoms with Crippen LogP contribution in [0.1, 0.15) is 11.1 Å². The Kier molecular flexibility index (Phi) is 9.07. The number of ether oxygens (including phenoxy) is 3. The minimum Gasteiger partial charge on any atom is -0.497 e. The number of hydrogen-bond acceptors (Lipinski definition) is 4. The highest BCUT2D eigenvalue weighted by molar-refractivity contribution is 14.0. The Labute approximate surface area is 165 Å². The van der Waals surface area contributed by atoms with Gasteiger partial charge < -0.3 is 25.3 Å². The summed E-state index contributed by atoms with van der Waals surface area (Å²) in [4.78, 5) is 4.39. The first-order valence-corrected chi connectivity index (χ1v) is 7.52. The molecule has 25 heavy (non-hydrogen) atoms. The molecule has 0 aliphatic carbocycles. The van der Waals surface area contributed by atoms with E-state index in [1.54, 1.807) is 27.4 Å². The molecule has 6 nitrogen and oxygen atoms in total. The number of nitrogens with two attached hydrogens (primary N) is 1. The monoisotopic (exact) mass is 457 g/mol. The van der Waals surface area contributed by atoms with Crippen molar-refractivity contribution < 1.29 is 14.2 Å². The van der Waals surface area contributed by atoms with Crippen molar-refractivity contribution >= 4 is 35.6 Å². The maximum atomic E-state index is 6.00. The summed E-state index contributed by atoms with van der Waals surface area (Å²) >= 11 is 0. The van der Waals surface area contributed by atoms with Gasteiger partial charge in [-0.1, -0.05) is 24.3 Å². The Morgan fingerprint density at radius 1 is 1.04 bits per heavy atom. The summed E-state index contributed by atoms with van der Waals surface area (Å²) in [5, 5.41) is 3.05. The molecule has 2 aromatic rings. The molecular formula is C18H24IN3O3. The first kappa shape index (κ1) is 21.0. The molecule has 0 bridgehead atoms. The predicted octanol–water partition coefficient (Wildman–Crippen LogP) is 3.40. The third-order valence-corrected chi connectivity index (χ3v) is 3.51. The molecule has 7 heteroatoms. The van der Waals surface area contributed by atoms with Gasteiger partial charge in [-0.25, -0.2) is 4.99 Å². The summed E-state index contributed by atoms with van der Waals surface area (Å²) < 4.78 is 15.7. The number of aliphatic imine (C=N–C) groups is 1. The van der Waals surface area contributed by atoms with Crippen LogP contribution in [0.2, 0.25) is 0 Å². The van der Waals surface area contributed by atoms with Crippen molar-refractivity contribution in [3.05, 3.63) is 53.6 Å². The molecular weight excluding hydrogens is 433 g/mol. The maximum absolute atomic E-state index is 6.00. The fourth-order valence-corrected chi connectivity index (χ4v) is 2.27. The molecule has 0 fully saturated rings. The molecule has 0 unspecified atom stereocenters. The Balaban J connectivity index is 0.00000312. The number of guanidine groups is 1. The van der Waals surface area contributed by atoms with E-state index in [1.165, 1.54) is 0 Å². The van der Waals surface area contributed by atoms with Crippen molar-refractivity contribution in [1.29, 1.82) is 0 Å². The molecule has 0 aromatic heterocycles. The van der Waals surface area contributed by atoms with Crippen LogP contribution in [0, 0.1) is 0 Å². The van der Waals surface area contributed by atoms with Gasteiger partial charge in [-0.2, -0.15) is 0 Å². The van der Waals surface area contributed by atoms with E-state index in [0.29, 0.717) is 36.3 Å². The SMILES string of the molecule is COCc1ccccc1CN=C(N)Nc1cc(OC)ccc1OC.I. The van der Waals surface area contributed by atoms with Crippen LogP contribution in [0.4, 0.5) is 5.69 Å². The van der Waals surface area contributed by atoms with Gasteiger partial charge in [0.25, 0.3) is 0 Å². The van der Waals surface area contributed by atoms with Crippen LogP contribution >= 0.6 is 24.0 Å². The molecule has 0 atom stereocenters. The molecule has 0 radical (unpaired) electrons. The number of hydrogen-bond donors (Lipinski definition) is 2. The summed E-state index contributed by atoms with van der Waals surface area (Å²) in [5.74, 6) is 1.67. The van der Waals surface area contributed by atoms with E-state index in [1.807, 2.05) is 36.4 Å². The lowest BCUT2D eigenvalue weighted by Crippen LogP contribution is -2.23. The molecule has 2 aromatic carbocycles. The van der Waals surface area contributed by atoms with Crippen LogP contribution in [0.5, 0.6) is 11.5 Å². The van der Waals surface area contributed by atoms with Crippen LogP contribution in [-0.2, 0) is 17.9 Å². The second-order valence-electron chi connectivity index (χ2n) is 5.09. The molecule has 0 amide bonds. The van der Waals surface area contributed by atoms with Crippen LogP contribution in [0.3, 0.4) is 0 Å². The van der Waals surface area contributed by atoms with Gasteiger partial charge in [-0.15, -0.1) is 24.0 Å². The highest BCUT2D eigenvalue weighted by atomic mass is 127. The summed E-state index contributed by atoms with van der Waals surface area (Å²) in [5.41, 5.74) is 8.87. The average molecular weight is 457 g/mol. The second-order valence-corrected chi connectivity index (χ2v) is 5.09. The number of nitrogens with one attached hydrogen (secondary N) is 1. The number of halogens is 1. The highest BCUT2D eigenvalue weighted by Crippen LogP contribution is 2.28. The smallest absolute Gasteiger partial charge is 0.193 e. The molecule has 0 saturated carbocycles. The van der Waals surface area contributed by atoms with E-state index < -0.39 is 0 Å². The number of benzene rings is 2. The summed E-state index contributed by atoms with van der Waals surface area (Å²) in [7, 11) is 4.88. The van der Waals surface area contributed by atoms with Crippen molar-refractivity contribution in [2.75, 3.05) is 26.6 Å². The zero-order chi connectivity index (χ0) is 17.4. The quantitative estimate of drug-likeness (QED) is 0.379. The van der Waals surface area contributed by atoms with Gasteiger partial charge in [0, 0.05) is 13.2 Å². The van der Waals surface area contributed by atoms with Gasteiger partial charge in [0.1, 0.15) is 11.5 Å². The van der Waals surface area contributed by atoms with E-state index in [-0.39, 0.29) is 24.0 Å². The van der Waals surface area contributed by atoms with E-state index in [4.69, 9.17) is 19.9 Å². The fraction of sp³-hybridized carbons (Fsp3) is 0.278. The number of nitrogens with zero attached hydrogens (tertiary/aromatic N) is 1. The fourth-order valence-electron chi connectivity index (χ4n) is 2.27. The minimum atomic E-state index is 0. The lowest BCUT2D eigenvalue weighted by Gasteiger charge is -2.12. The first-order chi connectivity index (χ1) is 11.7.